The summed E-state index contributed by atoms with van der Waals surface area (Å²) in [6.07, 6.45) is -1.13. The Bertz CT molecular complexity index is 821. The predicted octanol–water partition coefficient (Wildman–Crippen LogP) is 4.52. The maximum atomic E-state index is 14.5. The van der Waals surface area contributed by atoms with Gasteiger partial charge in [-0.2, -0.15) is 8.78 Å². The summed E-state index contributed by atoms with van der Waals surface area (Å²) in [4.78, 5) is 15.0. The summed E-state index contributed by atoms with van der Waals surface area (Å²) < 4.78 is 52.4. The molecule has 6 nitrogen and oxygen atoms in total. The number of aromatic nitrogens is 1. The van der Waals surface area contributed by atoms with Crippen molar-refractivity contribution in [1.82, 2.24) is 4.98 Å². The molecule has 0 fully saturated rings. The number of alkyl halides is 2. The third-order valence-corrected chi connectivity index (χ3v) is 3.51. The number of methoxy groups -OCH3 is 1. The highest BCUT2D eigenvalue weighted by molar-refractivity contribution is 6.34. The van der Waals surface area contributed by atoms with E-state index in [4.69, 9.17) is 33.7 Å². The van der Waals surface area contributed by atoms with Gasteiger partial charge in [-0.05, 0) is 18.2 Å². The minimum Gasteiger partial charge on any atom is -0.437 e. The molecule has 0 radical (unpaired) electrons. The van der Waals surface area contributed by atoms with Crippen LogP contribution in [0.15, 0.2) is 18.2 Å². The third kappa shape index (κ3) is 4.18. The quantitative estimate of drug-likeness (QED) is 0.764. The number of hydrogen-bond donors (Lipinski definition) is 1. The van der Waals surface area contributed by atoms with Gasteiger partial charge in [0.25, 0.3) is 0 Å². The van der Waals surface area contributed by atoms with Crippen molar-refractivity contribution in [2.75, 3.05) is 12.8 Å². The maximum absolute atomic E-state index is 14.5. The standard InChI is InChI=1S/C14H9Cl2F3N2O4/c1-23-14(22)25-12-9(16)7(20)4-8(21-12)5-2-3-6(15)11(10(5)17)24-13(18)19/h2-4,13H,1H3,(H2,20,21). The lowest BCUT2D eigenvalue weighted by Crippen LogP contribution is -2.10. The molecule has 1 heterocycles. The lowest BCUT2D eigenvalue weighted by molar-refractivity contribution is -0.0520. The molecule has 11 heteroatoms. The summed E-state index contributed by atoms with van der Waals surface area (Å²) in [5.74, 6) is -2.51. The molecular formula is C14H9Cl2F3N2O4. The lowest BCUT2D eigenvalue weighted by Gasteiger charge is -2.13. The van der Waals surface area contributed by atoms with E-state index in [-0.39, 0.29) is 27.0 Å². The first-order valence-electron chi connectivity index (χ1n) is 6.39. The van der Waals surface area contributed by atoms with Crippen molar-refractivity contribution in [3.8, 4) is 22.9 Å². The molecule has 134 valence electrons. The van der Waals surface area contributed by atoms with Gasteiger partial charge in [0.15, 0.2) is 11.6 Å². The lowest BCUT2D eigenvalue weighted by atomic mass is 10.1. The smallest absolute Gasteiger partial charge is 0.437 e. The van der Waals surface area contributed by atoms with E-state index in [1.165, 1.54) is 0 Å². The summed E-state index contributed by atoms with van der Waals surface area (Å²) >= 11 is 11.5. The summed E-state index contributed by atoms with van der Waals surface area (Å²) in [6, 6.07) is 3.45. The van der Waals surface area contributed by atoms with Gasteiger partial charge in [0.1, 0.15) is 5.02 Å². The van der Waals surface area contributed by atoms with Crippen molar-refractivity contribution >= 4 is 35.0 Å². The van der Waals surface area contributed by atoms with Crippen LogP contribution in [-0.2, 0) is 4.74 Å². The van der Waals surface area contributed by atoms with Crippen molar-refractivity contribution in [3.63, 3.8) is 0 Å². The van der Waals surface area contributed by atoms with Gasteiger partial charge in [0.2, 0.25) is 5.88 Å². The summed E-state index contributed by atoms with van der Waals surface area (Å²) in [7, 11) is 1.05. The topological polar surface area (TPSA) is 83.7 Å². The van der Waals surface area contributed by atoms with Gasteiger partial charge in [-0.25, -0.2) is 14.2 Å². The van der Waals surface area contributed by atoms with Crippen molar-refractivity contribution in [2.45, 2.75) is 6.61 Å². The predicted molar refractivity (Wildman–Crippen MR) is 83.7 cm³/mol. The van der Waals surface area contributed by atoms with E-state index in [0.29, 0.717) is 0 Å². The first kappa shape index (κ1) is 18.9. The number of anilines is 1. The van der Waals surface area contributed by atoms with Crippen molar-refractivity contribution in [1.29, 1.82) is 0 Å². The second kappa shape index (κ2) is 7.66. The molecular weight excluding hydrogens is 388 g/mol. The van der Waals surface area contributed by atoms with E-state index in [1.807, 2.05) is 0 Å². The molecule has 1 aromatic carbocycles. The molecule has 2 rings (SSSR count). The van der Waals surface area contributed by atoms with Crippen LogP contribution in [0.4, 0.5) is 23.7 Å². The molecule has 0 saturated carbocycles. The van der Waals surface area contributed by atoms with E-state index in [9.17, 15) is 18.0 Å². The Kier molecular flexibility index (Phi) is 5.81. The normalized spacial score (nSPS) is 10.7. The van der Waals surface area contributed by atoms with Gasteiger partial charge in [-0.15, -0.1) is 0 Å². The molecule has 0 spiro atoms. The van der Waals surface area contributed by atoms with Crippen LogP contribution in [0, 0.1) is 5.82 Å². The molecule has 2 N–H and O–H groups in total. The van der Waals surface area contributed by atoms with Crippen LogP contribution < -0.4 is 15.2 Å². The van der Waals surface area contributed by atoms with Gasteiger partial charge >= 0.3 is 12.8 Å². The molecule has 0 saturated heterocycles. The first-order chi connectivity index (χ1) is 11.7. The Morgan fingerprint density at radius 1 is 1.32 bits per heavy atom. The molecule has 2 aromatic rings. The number of pyridine rings is 1. The molecule has 0 atom stereocenters. The number of benzene rings is 1. The Morgan fingerprint density at radius 3 is 2.60 bits per heavy atom. The molecule has 0 amide bonds. The Balaban J connectivity index is 2.57. The number of halogens is 5. The number of rotatable bonds is 4. The highest BCUT2D eigenvalue weighted by Crippen LogP contribution is 2.38. The van der Waals surface area contributed by atoms with Crippen LogP contribution in [0.2, 0.25) is 10.0 Å². The van der Waals surface area contributed by atoms with Gasteiger partial charge in [-0.3, -0.25) is 0 Å². The number of nitrogens with two attached hydrogens (primary N) is 1. The average Bonchev–Trinajstić information content (AvgIpc) is 2.55. The summed E-state index contributed by atoms with van der Waals surface area (Å²) in [6.45, 7) is -3.29. The Morgan fingerprint density at radius 2 is 2.00 bits per heavy atom. The molecule has 0 aliphatic heterocycles. The van der Waals surface area contributed by atoms with E-state index in [2.05, 4.69) is 14.5 Å². The highest BCUT2D eigenvalue weighted by Gasteiger charge is 2.22. The van der Waals surface area contributed by atoms with Crippen molar-refractivity contribution in [2.24, 2.45) is 0 Å². The average molecular weight is 397 g/mol. The first-order valence-corrected chi connectivity index (χ1v) is 7.15. The molecule has 1 aromatic heterocycles. The van der Waals surface area contributed by atoms with Gasteiger partial charge in [0.05, 0.1) is 23.5 Å². The van der Waals surface area contributed by atoms with Crippen molar-refractivity contribution in [3.05, 3.63) is 34.1 Å². The largest absolute Gasteiger partial charge is 0.514 e. The van der Waals surface area contributed by atoms with E-state index in [0.717, 1.165) is 25.3 Å². The number of carbonyl (C=O) groups is 1. The molecule has 0 aliphatic rings. The zero-order chi connectivity index (χ0) is 18.7. The molecule has 0 bridgehead atoms. The zero-order valence-corrected chi connectivity index (χ0v) is 13.9. The number of nitrogens with zero attached hydrogens (tertiary/aromatic N) is 1. The fourth-order valence-electron chi connectivity index (χ4n) is 1.78. The minimum atomic E-state index is -3.29. The zero-order valence-electron chi connectivity index (χ0n) is 12.4. The second-order valence-electron chi connectivity index (χ2n) is 4.39. The van der Waals surface area contributed by atoms with Crippen LogP contribution >= 0.6 is 23.2 Å². The number of ether oxygens (including phenoxy) is 3. The van der Waals surface area contributed by atoms with E-state index in [1.54, 1.807) is 0 Å². The van der Waals surface area contributed by atoms with Crippen LogP contribution in [0.5, 0.6) is 11.6 Å². The highest BCUT2D eigenvalue weighted by atomic mass is 35.5. The van der Waals surface area contributed by atoms with Crippen LogP contribution in [0.1, 0.15) is 0 Å². The van der Waals surface area contributed by atoms with Crippen LogP contribution in [0.25, 0.3) is 11.3 Å². The van der Waals surface area contributed by atoms with Gasteiger partial charge in [0, 0.05) is 5.56 Å². The van der Waals surface area contributed by atoms with E-state index >= 15 is 0 Å². The number of carbonyl (C=O) groups excluding carboxylic acids is 1. The maximum Gasteiger partial charge on any atom is 0.514 e. The summed E-state index contributed by atoms with van der Waals surface area (Å²) in [5, 5.41) is -0.581. The fraction of sp³-hybridized carbons (Fsp3) is 0.143. The van der Waals surface area contributed by atoms with Crippen molar-refractivity contribution < 1.29 is 32.2 Å². The van der Waals surface area contributed by atoms with Crippen LogP contribution in [0.3, 0.4) is 0 Å². The SMILES string of the molecule is COC(=O)Oc1nc(-c2ccc(Cl)c(OC(F)F)c2F)cc(N)c1Cl. The third-order valence-electron chi connectivity index (χ3n) is 2.83. The molecule has 25 heavy (non-hydrogen) atoms. The monoisotopic (exact) mass is 396 g/mol. The van der Waals surface area contributed by atoms with Gasteiger partial charge < -0.3 is 19.9 Å². The number of nitrogen functional groups attached to an aromatic ring is 1. The van der Waals surface area contributed by atoms with Crippen LogP contribution in [-0.4, -0.2) is 24.9 Å². The second-order valence-corrected chi connectivity index (χ2v) is 5.17. The molecule has 0 unspecified atom stereocenters. The molecule has 0 aliphatic carbocycles. The Hall–Kier alpha value is -2.39. The van der Waals surface area contributed by atoms with Gasteiger partial charge in [-0.1, -0.05) is 23.2 Å². The van der Waals surface area contributed by atoms with E-state index < -0.39 is 30.2 Å². The minimum absolute atomic E-state index is 0.101. The number of hydrogen-bond acceptors (Lipinski definition) is 6. The Labute approximate surface area is 149 Å². The fourth-order valence-corrected chi connectivity index (χ4v) is 2.10. The summed E-state index contributed by atoms with van der Waals surface area (Å²) in [5.41, 5.74) is 5.13.